The van der Waals surface area contributed by atoms with Gasteiger partial charge in [0.15, 0.2) is 0 Å². The minimum absolute atomic E-state index is 0.0462. The van der Waals surface area contributed by atoms with Gasteiger partial charge in [-0.3, -0.25) is 9.48 Å². The molecule has 0 saturated heterocycles. The molecule has 0 N–H and O–H groups in total. The lowest BCUT2D eigenvalue weighted by Crippen LogP contribution is -2.27. The van der Waals surface area contributed by atoms with Gasteiger partial charge in [0.25, 0.3) is 0 Å². The summed E-state index contributed by atoms with van der Waals surface area (Å²) >= 11 is 0. The minimum atomic E-state index is 0.0462. The van der Waals surface area contributed by atoms with Gasteiger partial charge in [-0.05, 0) is 17.7 Å². The maximum Gasteiger partial charge on any atom is 0.224 e. The molecule has 20 heavy (non-hydrogen) atoms. The fourth-order valence-corrected chi connectivity index (χ4v) is 1.80. The van der Waals surface area contributed by atoms with Crippen LogP contribution in [0.25, 0.3) is 0 Å². The number of aryl methyl sites for hydroxylation is 1. The van der Waals surface area contributed by atoms with Crippen LogP contribution in [0.15, 0.2) is 36.9 Å². The van der Waals surface area contributed by atoms with Crippen molar-refractivity contribution in [2.45, 2.75) is 19.5 Å². The summed E-state index contributed by atoms with van der Waals surface area (Å²) in [7, 11) is 1.77. The molecule has 0 saturated carbocycles. The highest BCUT2D eigenvalue weighted by atomic mass is 16.2. The fraction of sp³-hybridized carbons (Fsp3) is 0.286. The summed E-state index contributed by atoms with van der Waals surface area (Å²) in [5.74, 6) is 0.0462. The van der Waals surface area contributed by atoms with Crippen molar-refractivity contribution in [3.05, 3.63) is 48.0 Å². The van der Waals surface area contributed by atoms with Crippen molar-refractivity contribution < 1.29 is 4.79 Å². The Morgan fingerprint density at radius 3 is 2.75 bits per heavy atom. The van der Waals surface area contributed by atoms with Crippen molar-refractivity contribution in [1.82, 2.24) is 19.7 Å². The summed E-state index contributed by atoms with van der Waals surface area (Å²) in [5.41, 5.74) is 1.62. The molecule has 102 valence electrons. The number of nitrogens with zero attached hydrogens (tertiary/aromatic N) is 5. The number of nitriles is 1. The number of hydrogen-bond donors (Lipinski definition) is 0. The highest BCUT2D eigenvalue weighted by Gasteiger charge is 2.09. The number of aromatic nitrogens is 3. The Bertz CT molecular complexity index is 597. The highest BCUT2D eigenvalue weighted by Crippen LogP contribution is 2.07. The second-order valence-electron chi connectivity index (χ2n) is 4.47. The number of carbonyl (C=O) groups excluding carboxylic acids is 1. The molecular formula is C14H15N5O. The normalized spacial score (nSPS) is 10.0. The van der Waals surface area contributed by atoms with E-state index >= 15 is 0 Å². The molecule has 1 aromatic heterocycles. The van der Waals surface area contributed by atoms with Gasteiger partial charge in [0.05, 0.1) is 18.2 Å². The SMILES string of the molecule is CN(Cc1ccc(C#N)cc1)C(=O)CCn1cncn1. The third kappa shape index (κ3) is 3.65. The predicted octanol–water partition coefficient (Wildman–Crippen LogP) is 1.20. The van der Waals surface area contributed by atoms with Crippen LogP contribution in [0.4, 0.5) is 0 Å². The monoisotopic (exact) mass is 269 g/mol. The lowest BCUT2D eigenvalue weighted by molar-refractivity contribution is -0.130. The zero-order valence-electron chi connectivity index (χ0n) is 11.2. The topological polar surface area (TPSA) is 74.8 Å². The van der Waals surface area contributed by atoms with Crippen LogP contribution in [0.1, 0.15) is 17.5 Å². The second-order valence-corrected chi connectivity index (χ2v) is 4.47. The van der Waals surface area contributed by atoms with E-state index in [1.165, 1.54) is 6.33 Å². The van der Waals surface area contributed by atoms with E-state index in [4.69, 9.17) is 5.26 Å². The number of amides is 1. The maximum atomic E-state index is 12.0. The van der Waals surface area contributed by atoms with Crippen LogP contribution in [0.3, 0.4) is 0 Å². The predicted molar refractivity (Wildman–Crippen MR) is 72.3 cm³/mol. The van der Waals surface area contributed by atoms with Crippen LogP contribution < -0.4 is 0 Å². The van der Waals surface area contributed by atoms with Crippen LogP contribution in [-0.4, -0.2) is 32.6 Å². The second kappa shape index (κ2) is 6.48. The lowest BCUT2D eigenvalue weighted by atomic mass is 10.1. The highest BCUT2D eigenvalue weighted by molar-refractivity contribution is 5.75. The standard InChI is InChI=1S/C14H15N5O/c1-18(9-13-4-2-12(8-15)3-5-13)14(20)6-7-19-11-16-10-17-19/h2-5,10-11H,6-7,9H2,1H3. The van der Waals surface area contributed by atoms with Crippen LogP contribution in [0, 0.1) is 11.3 Å². The van der Waals surface area contributed by atoms with Gasteiger partial charge >= 0.3 is 0 Å². The van der Waals surface area contributed by atoms with E-state index in [2.05, 4.69) is 16.2 Å². The summed E-state index contributed by atoms with van der Waals surface area (Å²) in [6.45, 7) is 1.05. The average molecular weight is 269 g/mol. The summed E-state index contributed by atoms with van der Waals surface area (Å²) in [4.78, 5) is 17.5. The van der Waals surface area contributed by atoms with Crippen LogP contribution in [0.2, 0.25) is 0 Å². The molecule has 0 aliphatic heterocycles. The summed E-state index contributed by atoms with van der Waals surface area (Å²) < 4.78 is 1.63. The molecule has 0 atom stereocenters. The molecule has 0 fully saturated rings. The average Bonchev–Trinajstić information content (AvgIpc) is 2.98. The Hall–Kier alpha value is -2.68. The number of benzene rings is 1. The molecule has 1 amide bonds. The van der Waals surface area contributed by atoms with E-state index < -0.39 is 0 Å². The minimum Gasteiger partial charge on any atom is -0.341 e. The maximum absolute atomic E-state index is 12.0. The number of hydrogen-bond acceptors (Lipinski definition) is 4. The molecule has 0 unspecified atom stereocenters. The first-order valence-corrected chi connectivity index (χ1v) is 6.24. The van der Waals surface area contributed by atoms with Crippen molar-refractivity contribution in [3.63, 3.8) is 0 Å². The smallest absolute Gasteiger partial charge is 0.224 e. The van der Waals surface area contributed by atoms with Crippen molar-refractivity contribution in [1.29, 1.82) is 5.26 Å². The quantitative estimate of drug-likeness (QED) is 0.817. The molecule has 0 aliphatic carbocycles. The molecule has 2 aromatic rings. The molecule has 1 aromatic carbocycles. The Kier molecular flexibility index (Phi) is 4.45. The van der Waals surface area contributed by atoms with Gasteiger partial charge < -0.3 is 4.90 Å². The van der Waals surface area contributed by atoms with Gasteiger partial charge in [0.2, 0.25) is 5.91 Å². The Labute approximate surface area is 117 Å². The van der Waals surface area contributed by atoms with E-state index in [-0.39, 0.29) is 5.91 Å². The van der Waals surface area contributed by atoms with Crippen LogP contribution in [0.5, 0.6) is 0 Å². The van der Waals surface area contributed by atoms with Gasteiger partial charge in [-0.15, -0.1) is 0 Å². The van der Waals surface area contributed by atoms with Crippen LogP contribution >= 0.6 is 0 Å². The molecule has 6 nitrogen and oxygen atoms in total. The first-order valence-electron chi connectivity index (χ1n) is 6.24. The first kappa shape index (κ1) is 13.7. The number of carbonyl (C=O) groups is 1. The van der Waals surface area contributed by atoms with E-state index in [0.29, 0.717) is 25.1 Å². The van der Waals surface area contributed by atoms with E-state index in [9.17, 15) is 4.79 Å². The zero-order valence-corrected chi connectivity index (χ0v) is 11.2. The van der Waals surface area contributed by atoms with Gasteiger partial charge in [-0.25, -0.2) is 4.98 Å². The first-order chi connectivity index (χ1) is 9.69. The molecule has 1 heterocycles. The van der Waals surface area contributed by atoms with E-state index in [0.717, 1.165) is 5.56 Å². The Balaban J connectivity index is 1.85. The van der Waals surface area contributed by atoms with Crippen LogP contribution in [-0.2, 0) is 17.9 Å². The molecule has 0 bridgehead atoms. The molecule has 0 radical (unpaired) electrons. The summed E-state index contributed by atoms with van der Waals surface area (Å²) in [6, 6.07) is 9.30. The summed E-state index contributed by atoms with van der Waals surface area (Å²) in [6.07, 6.45) is 3.43. The third-order valence-electron chi connectivity index (χ3n) is 2.95. The van der Waals surface area contributed by atoms with Crippen molar-refractivity contribution in [2.75, 3.05) is 7.05 Å². The summed E-state index contributed by atoms with van der Waals surface area (Å²) in [5, 5.41) is 12.7. The van der Waals surface area contributed by atoms with E-state index in [1.807, 2.05) is 12.1 Å². The Morgan fingerprint density at radius 1 is 1.40 bits per heavy atom. The molecule has 2 rings (SSSR count). The molecule has 0 aliphatic rings. The number of rotatable bonds is 5. The zero-order chi connectivity index (χ0) is 14.4. The Morgan fingerprint density at radius 2 is 2.15 bits per heavy atom. The molecule has 0 spiro atoms. The molecular weight excluding hydrogens is 254 g/mol. The van der Waals surface area contributed by atoms with Gasteiger partial charge in [-0.1, -0.05) is 12.1 Å². The van der Waals surface area contributed by atoms with Gasteiger partial charge in [0.1, 0.15) is 12.7 Å². The molecule has 6 heteroatoms. The third-order valence-corrected chi connectivity index (χ3v) is 2.95. The fourth-order valence-electron chi connectivity index (χ4n) is 1.80. The van der Waals surface area contributed by atoms with Crippen molar-refractivity contribution in [2.24, 2.45) is 0 Å². The van der Waals surface area contributed by atoms with Gasteiger partial charge in [0, 0.05) is 20.0 Å². The van der Waals surface area contributed by atoms with Crippen molar-refractivity contribution >= 4 is 5.91 Å². The van der Waals surface area contributed by atoms with Crippen molar-refractivity contribution in [3.8, 4) is 6.07 Å². The van der Waals surface area contributed by atoms with E-state index in [1.54, 1.807) is 35.1 Å². The van der Waals surface area contributed by atoms with Gasteiger partial charge in [-0.2, -0.15) is 10.4 Å². The lowest BCUT2D eigenvalue weighted by Gasteiger charge is -2.17. The largest absolute Gasteiger partial charge is 0.341 e.